The summed E-state index contributed by atoms with van der Waals surface area (Å²) in [5, 5.41) is 11.4. The molecular formula is C27H24N2O3S2. The fourth-order valence-corrected chi connectivity index (χ4v) is 6.42. The first-order valence-corrected chi connectivity index (χ1v) is 12.9. The van der Waals surface area contributed by atoms with Crippen LogP contribution in [-0.2, 0) is 13.2 Å². The Bertz CT molecular complexity index is 1520. The van der Waals surface area contributed by atoms with E-state index < -0.39 is 0 Å². The van der Waals surface area contributed by atoms with Crippen LogP contribution in [0.25, 0.3) is 31.7 Å². The third-order valence-corrected chi connectivity index (χ3v) is 8.08. The summed E-state index contributed by atoms with van der Waals surface area (Å²) in [4.78, 5) is 20.8. The van der Waals surface area contributed by atoms with Crippen LogP contribution in [0, 0.1) is 0 Å². The second-order valence-corrected chi connectivity index (χ2v) is 10.1. The van der Waals surface area contributed by atoms with Gasteiger partial charge in [0.25, 0.3) is 5.56 Å². The number of hydrogen-bond donors (Lipinski definition) is 1. The molecule has 5 aromatic rings. The van der Waals surface area contributed by atoms with Crippen molar-refractivity contribution in [1.29, 1.82) is 0 Å². The normalized spacial score (nSPS) is 11.4. The number of aliphatic hydroxyl groups is 1. The molecule has 0 aliphatic rings. The van der Waals surface area contributed by atoms with Gasteiger partial charge in [-0.15, -0.1) is 23.1 Å². The van der Waals surface area contributed by atoms with Crippen molar-refractivity contribution in [3.63, 3.8) is 0 Å². The second-order valence-electron chi connectivity index (χ2n) is 7.84. The fraction of sp³-hybridized carbons (Fsp3) is 0.185. The summed E-state index contributed by atoms with van der Waals surface area (Å²) in [7, 11) is 1.63. The molecule has 0 amide bonds. The topological polar surface area (TPSA) is 64.4 Å². The van der Waals surface area contributed by atoms with E-state index in [2.05, 4.69) is 6.92 Å². The molecule has 3 aromatic carbocycles. The lowest BCUT2D eigenvalue weighted by molar-refractivity contribution is 0.279. The monoisotopic (exact) mass is 488 g/mol. The van der Waals surface area contributed by atoms with Crippen molar-refractivity contribution >= 4 is 43.4 Å². The van der Waals surface area contributed by atoms with Crippen molar-refractivity contribution in [3.05, 3.63) is 88.2 Å². The maximum Gasteiger partial charge on any atom is 0.263 e. The standard InChI is InChI=1S/C27H24N2O3S2/c1-3-33-23-19(16-30)11-14-21-22-26(34-24(21)23)28-25(18-9-12-20(32-2)13-10-18)29(27(22)31)15-17-7-5-4-6-8-17/h4-14,30H,3,15-16H2,1-2H3. The van der Waals surface area contributed by atoms with Gasteiger partial charge in [-0.25, -0.2) is 4.98 Å². The minimum Gasteiger partial charge on any atom is -0.497 e. The third kappa shape index (κ3) is 4.00. The Balaban J connectivity index is 1.81. The van der Waals surface area contributed by atoms with E-state index in [9.17, 15) is 9.90 Å². The lowest BCUT2D eigenvalue weighted by Crippen LogP contribution is -2.23. The molecule has 2 aromatic heterocycles. The van der Waals surface area contributed by atoms with Gasteiger partial charge in [0.15, 0.2) is 0 Å². The minimum absolute atomic E-state index is 0.0325. The second kappa shape index (κ2) is 9.62. The van der Waals surface area contributed by atoms with E-state index in [1.54, 1.807) is 23.4 Å². The molecule has 5 nitrogen and oxygen atoms in total. The van der Waals surface area contributed by atoms with E-state index in [-0.39, 0.29) is 12.2 Å². The molecule has 0 spiro atoms. The van der Waals surface area contributed by atoms with Crippen LogP contribution in [0.1, 0.15) is 18.1 Å². The summed E-state index contributed by atoms with van der Waals surface area (Å²) in [6.45, 7) is 2.48. The van der Waals surface area contributed by atoms with Crippen LogP contribution in [0.5, 0.6) is 5.75 Å². The zero-order valence-electron chi connectivity index (χ0n) is 18.9. The van der Waals surface area contributed by atoms with Crippen LogP contribution >= 0.6 is 23.1 Å². The number of methoxy groups -OCH3 is 1. The molecular weight excluding hydrogens is 464 g/mol. The van der Waals surface area contributed by atoms with Crippen molar-refractivity contribution in [3.8, 4) is 17.1 Å². The maximum absolute atomic E-state index is 14.0. The molecule has 0 bridgehead atoms. The number of fused-ring (bicyclic) bond motifs is 3. The zero-order chi connectivity index (χ0) is 23.7. The molecule has 0 atom stereocenters. The number of thiophene rings is 1. The van der Waals surface area contributed by atoms with Gasteiger partial charge in [-0.3, -0.25) is 9.36 Å². The van der Waals surface area contributed by atoms with Gasteiger partial charge in [-0.05, 0) is 41.1 Å². The largest absolute Gasteiger partial charge is 0.497 e. The van der Waals surface area contributed by atoms with Gasteiger partial charge >= 0.3 is 0 Å². The fourth-order valence-electron chi connectivity index (χ4n) is 4.14. The molecule has 34 heavy (non-hydrogen) atoms. The molecule has 0 saturated carbocycles. The first-order valence-electron chi connectivity index (χ1n) is 11.1. The van der Waals surface area contributed by atoms with Crippen molar-refractivity contribution in [2.45, 2.75) is 25.0 Å². The molecule has 0 aliphatic heterocycles. The van der Waals surface area contributed by atoms with Crippen molar-refractivity contribution in [1.82, 2.24) is 9.55 Å². The molecule has 7 heteroatoms. The van der Waals surface area contributed by atoms with Crippen molar-refractivity contribution in [2.75, 3.05) is 12.9 Å². The number of benzene rings is 3. The predicted octanol–water partition coefficient (Wildman–Crippen LogP) is 5.94. The number of hydrogen-bond acceptors (Lipinski definition) is 6. The average molecular weight is 489 g/mol. The van der Waals surface area contributed by atoms with Gasteiger partial charge in [-0.1, -0.05) is 49.4 Å². The van der Waals surface area contributed by atoms with Gasteiger partial charge < -0.3 is 9.84 Å². The van der Waals surface area contributed by atoms with Gasteiger partial charge in [0, 0.05) is 15.8 Å². The smallest absolute Gasteiger partial charge is 0.263 e. The number of aliphatic hydroxyl groups excluding tert-OH is 1. The van der Waals surface area contributed by atoms with E-state index in [0.717, 1.165) is 43.2 Å². The van der Waals surface area contributed by atoms with Crippen LogP contribution in [0.4, 0.5) is 0 Å². The molecule has 0 aliphatic carbocycles. The highest BCUT2D eigenvalue weighted by atomic mass is 32.2. The van der Waals surface area contributed by atoms with Crippen molar-refractivity contribution in [2.24, 2.45) is 0 Å². The number of aromatic nitrogens is 2. The Kier molecular flexibility index (Phi) is 6.41. The number of nitrogens with zero attached hydrogens (tertiary/aromatic N) is 2. The quantitative estimate of drug-likeness (QED) is 0.287. The Hall–Kier alpha value is -3.13. The van der Waals surface area contributed by atoms with Crippen LogP contribution in [0.2, 0.25) is 0 Å². The van der Waals surface area contributed by atoms with E-state index in [4.69, 9.17) is 9.72 Å². The molecule has 0 unspecified atom stereocenters. The van der Waals surface area contributed by atoms with Gasteiger partial charge in [0.1, 0.15) is 16.4 Å². The van der Waals surface area contributed by atoms with Gasteiger partial charge in [0.2, 0.25) is 0 Å². The van der Waals surface area contributed by atoms with Gasteiger partial charge in [-0.2, -0.15) is 0 Å². The number of ether oxygens (including phenoxy) is 1. The van der Waals surface area contributed by atoms with Crippen LogP contribution in [-0.4, -0.2) is 27.5 Å². The van der Waals surface area contributed by atoms with Crippen LogP contribution in [0.15, 0.2) is 76.4 Å². The minimum atomic E-state index is -0.0601. The molecule has 2 heterocycles. The summed E-state index contributed by atoms with van der Waals surface area (Å²) in [6, 6.07) is 21.5. The highest BCUT2D eigenvalue weighted by molar-refractivity contribution is 7.99. The van der Waals surface area contributed by atoms with Crippen molar-refractivity contribution < 1.29 is 9.84 Å². The van der Waals surface area contributed by atoms with E-state index in [1.165, 1.54) is 11.3 Å². The first kappa shape index (κ1) is 22.7. The first-order chi connectivity index (χ1) is 16.6. The molecule has 5 rings (SSSR count). The highest BCUT2D eigenvalue weighted by Crippen LogP contribution is 2.40. The summed E-state index contributed by atoms with van der Waals surface area (Å²) >= 11 is 3.21. The van der Waals surface area contributed by atoms with E-state index in [1.807, 2.05) is 66.7 Å². The Morgan fingerprint density at radius 3 is 2.50 bits per heavy atom. The SMILES string of the molecule is CCSc1c(CO)ccc2c1sc1nc(-c3ccc(OC)cc3)n(Cc3ccccc3)c(=O)c12. The highest BCUT2D eigenvalue weighted by Gasteiger charge is 2.20. The summed E-state index contributed by atoms with van der Waals surface area (Å²) in [5.41, 5.74) is 2.71. The lowest BCUT2D eigenvalue weighted by Gasteiger charge is -2.13. The summed E-state index contributed by atoms with van der Waals surface area (Å²) < 4.78 is 8.09. The predicted molar refractivity (Wildman–Crippen MR) is 141 cm³/mol. The Morgan fingerprint density at radius 1 is 1.06 bits per heavy atom. The molecule has 0 fully saturated rings. The van der Waals surface area contributed by atoms with E-state index in [0.29, 0.717) is 22.6 Å². The lowest BCUT2D eigenvalue weighted by atomic mass is 10.1. The summed E-state index contributed by atoms with van der Waals surface area (Å²) in [6.07, 6.45) is 0. The average Bonchev–Trinajstić information content (AvgIpc) is 3.26. The molecule has 0 radical (unpaired) electrons. The molecule has 172 valence electrons. The molecule has 0 saturated heterocycles. The number of rotatable bonds is 7. The van der Waals surface area contributed by atoms with Crippen LogP contribution in [0.3, 0.4) is 0 Å². The molecule has 1 N–H and O–H groups in total. The Morgan fingerprint density at radius 2 is 1.82 bits per heavy atom. The zero-order valence-corrected chi connectivity index (χ0v) is 20.6. The summed E-state index contributed by atoms with van der Waals surface area (Å²) in [5.74, 6) is 2.26. The third-order valence-electron chi connectivity index (χ3n) is 5.79. The Labute approximate surface area is 205 Å². The van der Waals surface area contributed by atoms with E-state index >= 15 is 0 Å². The van der Waals surface area contributed by atoms with Gasteiger partial charge in [0.05, 0.1) is 30.3 Å². The number of thioether (sulfide) groups is 1. The van der Waals surface area contributed by atoms with Crippen LogP contribution < -0.4 is 10.3 Å². The maximum atomic E-state index is 14.0.